The van der Waals surface area contributed by atoms with Crippen LogP contribution in [-0.4, -0.2) is 92.1 Å². The highest BCUT2D eigenvalue weighted by molar-refractivity contribution is 5.87. The van der Waals surface area contributed by atoms with Crippen molar-refractivity contribution >= 4 is 24.0 Å². The fourth-order valence-electron chi connectivity index (χ4n) is 8.87. The number of alkyl carbamates (subject to hydrolysis) is 2. The first-order chi connectivity index (χ1) is 28.7. The molecule has 2 aliphatic heterocycles. The van der Waals surface area contributed by atoms with Crippen molar-refractivity contribution in [3.63, 3.8) is 0 Å². The summed E-state index contributed by atoms with van der Waals surface area (Å²) in [6.07, 6.45) is 6.58. The van der Waals surface area contributed by atoms with Gasteiger partial charge in [0, 0.05) is 12.1 Å². The Kier molecular flexibility index (Phi) is 13.5. The molecular weight excluding hydrogens is 761 g/mol. The number of hydrogen-bond acceptors (Lipinski definition) is 8. The zero-order valence-corrected chi connectivity index (χ0v) is 36.2. The summed E-state index contributed by atoms with van der Waals surface area (Å²) in [6.45, 7) is 17.9. The molecule has 320 valence electrons. The Hall–Kier alpha value is -5.92. The molecule has 6 rings (SSSR count). The first-order valence-electron chi connectivity index (χ1n) is 21.0. The minimum absolute atomic E-state index is 0.0224. The highest BCUT2D eigenvalue weighted by Crippen LogP contribution is 2.43. The Labute approximate surface area is 352 Å². The maximum atomic E-state index is 14.0. The van der Waals surface area contributed by atoms with Crippen LogP contribution in [-0.2, 0) is 19.1 Å². The Morgan fingerprint density at radius 2 is 1.12 bits per heavy atom. The number of carbonyl (C=O) groups excluding carboxylic acids is 4. The van der Waals surface area contributed by atoms with Crippen LogP contribution < -0.4 is 10.6 Å². The molecule has 0 aliphatic carbocycles. The first-order valence-corrected chi connectivity index (χ1v) is 21.0. The van der Waals surface area contributed by atoms with Gasteiger partial charge in [-0.25, -0.2) is 19.6 Å². The predicted molar refractivity (Wildman–Crippen MR) is 230 cm³/mol. The summed E-state index contributed by atoms with van der Waals surface area (Å²) in [7, 11) is 2.58. The molecule has 0 radical (unpaired) electrons. The summed E-state index contributed by atoms with van der Waals surface area (Å²) in [5.74, 6) is 1.15. The fraction of sp³-hybridized carbons (Fsp3) is 0.478. The number of hydrogen-bond donors (Lipinski definition) is 4. The van der Waals surface area contributed by atoms with Crippen LogP contribution in [0, 0.1) is 23.7 Å². The van der Waals surface area contributed by atoms with Gasteiger partial charge in [-0.1, -0.05) is 95.6 Å². The van der Waals surface area contributed by atoms with Crippen LogP contribution in [0.2, 0.25) is 0 Å². The van der Waals surface area contributed by atoms with Gasteiger partial charge in [0.2, 0.25) is 11.8 Å². The molecule has 0 saturated carbocycles. The molecule has 2 saturated heterocycles. The second kappa shape index (κ2) is 18.6. The van der Waals surface area contributed by atoms with Crippen LogP contribution in [0.4, 0.5) is 9.59 Å². The SMILES string of the molecule is C=CC1CC(c2ncc(-c3ccc(-c4ccc(-c5cnc(C6CC(CC)C(C)N6C(=O)C(NC(=O)OC)C(C)C)[nH]5)cc4)cc3)[nH]2)N(C(=O)C(NC(=O)OC)C(C)C)C1C. The fourth-order valence-corrected chi connectivity index (χ4v) is 8.87. The molecule has 4 amide bonds. The minimum Gasteiger partial charge on any atom is -0.453 e. The van der Waals surface area contributed by atoms with E-state index in [2.05, 4.69) is 77.4 Å². The molecule has 2 fully saturated rings. The van der Waals surface area contributed by atoms with Crippen molar-refractivity contribution < 1.29 is 28.7 Å². The molecule has 14 nitrogen and oxygen atoms in total. The van der Waals surface area contributed by atoms with Gasteiger partial charge in [-0.05, 0) is 72.6 Å². The third-order valence-electron chi connectivity index (χ3n) is 12.5. The van der Waals surface area contributed by atoms with Crippen LogP contribution >= 0.6 is 0 Å². The van der Waals surface area contributed by atoms with Crippen molar-refractivity contribution in [1.29, 1.82) is 0 Å². The second-order valence-corrected chi connectivity index (χ2v) is 16.8. The average molecular weight is 821 g/mol. The number of nitrogens with one attached hydrogen (secondary N) is 4. The van der Waals surface area contributed by atoms with E-state index >= 15 is 0 Å². The number of aromatic nitrogens is 4. The zero-order valence-electron chi connectivity index (χ0n) is 36.2. The number of aromatic amines is 2. The van der Waals surface area contributed by atoms with Crippen molar-refractivity contribution in [1.82, 2.24) is 40.4 Å². The molecule has 4 heterocycles. The number of carbonyl (C=O) groups is 4. The summed E-state index contributed by atoms with van der Waals surface area (Å²) >= 11 is 0. The topological polar surface area (TPSA) is 175 Å². The Balaban J connectivity index is 1.16. The minimum atomic E-state index is -0.751. The average Bonchev–Trinajstić information content (AvgIpc) is 4.06. The number of imidazole rings is 2. The summed E-state index contributed by atoms with van der Waals surface area (Å²) in [4.78, 5) is 72.5. The quantitative estimate of drug-likeness (QED) is 0.0981. The Morgan fingerprint density at radius 3 is 1.50 bits per heavy atom. The highest BCUT2D eigenvalue weighted by Gasteiger charge is 2.46. The smallest absolute Gasteiger partial charge is 0.407 e. The molecule has 4 N–H and O–H groups in total. The molecule has 4 aromatic rings. The van der Waals surface area contributed by atoms with Crippen molar-refractivity contribution in [2.45, 2.75) is 104 Å². The van der Waals surface area contributed by atoms with Crippen LogP contribution in [0.1, 0.15) is 91.5 Å². The van der Waals surface area contributed by atoms with Gasteiger partial charge in [-0.15, -0.1) is 6.58 Å². The summed E-state index contributed by atoms with van der Waals surface area (Å²) < 4.78 is 9.64. The standard InChI is InChI=1S/C46H60N8O6/c1-11-29-21-37(53(27(29)7)43(55)39(25(3)4)51-45(57)59-9)41-47-23-35(49-41)33-17-13-31(14-18-33)32-15-19-34(20-16-32)36-24-48-42(50-36)38-22-30(12-2)28(8)54(38)44(56)40(26(5)6)52-46(58)60-10/h11,13-20,23-30,37-40H,1,12,21-22H2,2-10H3,(H,47,49)(H,48,50)(H,51,57)(H,52,58). The lowest BCUT2D eigenvalue weighted by Crippen LogP contribution is -2.53. The van der Waals surface area contributed by atoms with Gasteiger partial charge in [0.15, 0.2) is 0 Å². The van der Waals surface area contributed by atoms with E-state index < -0.39 is 24.3 Å². The van der Waals surface area contributed by atoms with Crippen LogP contribution in [0.15, 0.2) is 73.6 Å². The van der Waals surface area contributed by atoms with E-state index in [0.29, 0.717) is 18.2 Å². The van der Waals surface area contributed by atoms with E-state index in [4.69, 9.17) is 19.4 Å². The molecule has 0 bridgehead atoms. The second-order valence-electron chi connectivity index (χ2n) is 16.8. The normalized spacial score (nSPS) is 22.4. The van der Waals surface area contributed by atoms with Crippen LogP contribution in [0.3, 0.4) is 0 Å². The van der Waals surface area contributed by atoms with Crippen molar-refractivity contribution in [2.24, 2.45) is 23.7 Å². The molecule has 8 unspecified atom stereocenters. The molecule has 14 heteroatoms. The molecule has 2 aromatic carbocycles. The number of amides is 4. The van der Waals surface area contributed by atoms with Gasteiger partial charge in [0.1, 0.15) is 23.7 Å². The lowest BCUT2D eigenvalue weighted by Gasteiger charge is -2.33. The van der Waals surface area contributed by atoms with Gasteiger partial charge >= 0.3 is 12.2 Å². The predicted octanol–water partition coefficient (Wildman–Crippen LogP) is 8.05. The van der Waals surface area contributed by atoms with Gasteiger partial charge in [-0.3, -0.25) is 9.59 Å². The number of benzene rings is 2. The van der Waals surface area contributed by atoms with E-state index in [-0.39, 0.29) is 53.7 Å². The number of nitrogens with zero attached hydrogens (tertiary/aromatic N) is 4. The van der Waals surface area contributed by atoms with E-state index in [1.54, 1.807) is 6.20 Å². The summed E-state index contributed by atoms with van der Waals surface area (Å²) in [5.41, 5.74) is 5.70. The van der Waals surface area contributed by atoms with E-state index in [1.807, 2.05) is 68.8 Å². The van der Waals surface area contributed by atoms with Crippen molar-refractivity contribution in [3.8, 4) is 33.6 Å². The van der Waals surface area contributed by atoms with Gasteiger partial charge in [0.05, 0.1) is 50.1 Å². The number of methoxy groups -OCH3 is 2. The van der Waals surface area contributed by atoms with Crippen molar-refractivity contribution in [3.05, 3.63) is 85.2 Å². The maximum Gasteiger partial charge on any atom is 0.407 e. The third kappa shape index (κ3) is 8.83. The summed E-state index contributed by atoms with van der Waals surface area (Å²) in [6, 6.07) is 14.3. The summed E-state index contributed by atoms with van der Waals surface area (Å²) in [5, 5.41) is 5.47. The molecule has 8 atom stereocenters. The number of ether oxygens (including phenoxy) is 2. The number of rotatable bonds is 13. The Morgan fingerprint density at radius 1 is 0.717 bits per heavy atom. The maximum absolute atomic E-state index is 14.0. The molecule has 0 spiro atoms. The number of likely N-dealkylation sites (tertiary alicyclic amines) is 2. The molecular formula is C46H60N8O6. The van der Waals surface area contributed by atoms with Gasteiger partial charge in [0.25, 0.3) is 0 Å². The lowest BCUT2D eigenvalue weighted by molar-refractivity contribution is -0.138. The van der Waals surface area contributed by atoms with Crippen LogP contribution in [0.25, 0.3) is 33.6 Å². The third-order valence-corrected chi connectivity index (χ3v) is 12.5. The van der Waals surface area contributed by atoms with E-state index in [0.717, 1.165) is 52.3 Å². The van der Waals surface area contributed by atoms with Gasteiger partial charge in [-0.2, -0.15) is 0 Å². The van der Waals surface area contributed by atoms with Gasteiger partial charge < -0.3 is 39.9 Å². The number of H-pyrrole nitrogens is 2. The zero-order chi connectivity index (χ0) is 43.4. The Bertz CT molecular complexity index is 2140. The highest BCUT2D eigenvalue weighted by atomic mass is 16.5. The lowest BCUT2D eigenvalue weighted by atomic mass is 9.97. The van der Waals surface area contributed by atoms with E-state index in [1.165, 1.54) is 14.2 Å². The largest absolute Gasteiger partial charge is 0.453 e. The molecule has 2 aromatic heterocycles. The molecule has 2 aliphatic rings. The van der Waals surface area contributed by atoms with Crippen LogP contribution in [0.5, 0.6) is 0 Å². The van der Waals surface area contributed by atoms with E-state index in [9.17, 15) is 19.2 Å². The monoisotopic (exact) mass is 820 g/mol. The molecule has 60 heavy (non-hydrogen) atoms. The first kappa shape index (κ1) is 43.7. The van der Waals surface area contributed by atoms with Crippen molar-refractivity contribution in [2.75, 3.05) is 14.2 Å².